The zero-order valence-corrected chi connectivity index (χ0v) is 23.9. The number of amides is 2. The van der Waals surface area contributed by atoms with E-state index in [-0.39, 0.29) is 17.7 Å². The van der Waals surface area contributed by atoms with Crippen molar-refractivity contribution in [2.75, 3.05) is 62.2 Å². The van der Waals surface area contributed by atoms with E-state index in [1.807, 2.05) is 49.2 Å². The standard InChI is InChI=1S/C30H34N10O2/c1-3-40(24-8-9-26-25(16-24)27(17-31)34-33-26)30(42)22-10-11-37(18-22)19-28(41)39-14-12-38(13-15-39)23-6-4-21(5-7-23)29-32-20-36(2)35-29/h4-9,16,20,22H,3,10-15,18-19H2,1-2H3,(H,33,34)/t22-/m1/s1. The Morgan fingerprint density at radius 2 is 1.88 bits per heavy atom. The van der Waals surface area contributed by atoms with Crippen LogP contribution in [-0.4, -0.2) is 98.9 Å². The summed E-state index contributed by atoms with van der Waals surface area (Å²) in [5.74, 6) is 0.695. The van der Waals surface area contributed by atoms with E-state index in [0.29, 0.717) is 49.6 Å². The van der Waals surface area contributed by atoms with Crippen LogP contribution in [0.4, 0.5) is 11.4 Å². The summed E-state index contributed by atoms with van der Waals surface area (Å²) in [7, 11) is 1.85. The van der Waals surface area contributed by atoms with Crippen LogP contribution in [0.2, 0.25) is 0 Å². The molecule has 6 rings (SSSR count). The SMILES string of the molecule is CCN(C(=O)[C@@H]1CCN(CC(=O)N2CCN(c3ccc(-c4ncn(C)n4)cc3)CC2)C1)c1ccc2[nH]nc(C#N)c2c1. The van der Waals surface area contributed by atoms with Gasteiger partial charge in [0.25, 0.3) is 0 Å². The third-order valence-corrected chi connectivity index (χ3v) is 8.25. The van der Waals surface area contributed by atoms with E-state index in [1.54, 1.807) is 15.9 Å². The van der Waals surface area contributed by atoms with Crippen LogP contribution < -0.4 is 9.80 Å². The van der Waals surface area contributed by atoms with Crippen molar-refractivity contribution in [2.45, 2.75) is 13.3 Å². The Bertz CT molecular complexity index is 1630. The van der Waals surface area contributed by atoms with Gasteiger partial charge in [0.15, 0.2) is 11.5 Å². The number of hydrogen-bond donors (Lipinski definition) is 1. The third kappa shape index (κ3) is 5.43. The summed E-state index contributed by atoms with van der Waals surface area (Å²) in [6.45, 7) is 6.96. The highest BCUT2D eigenvalue weighted by atomic mass is 16.2. The first-order chi connectivity index (χ1) is 20.4. The molecule has 12 heteroatoms. The number of rotatable bonds is 7. The van der Waals surface area contributed by atoms with E-state index in [9.17, 15) is 14.9 Å². The number of hydrogen-bond acceptors (Lipinski definition) is 8. The maximum atomic E-state index is 13.5. The molecule has 2 amide bonds. The number of nitrogens with one attached hydrogen (secondary N) is 1. The van der Waals surface area contributed by atoms with Crippen LogP contribution >= 0.6 is 0 Å². The first kappa shape index (κ1) is 27.4. The van der Waals surface area contributed by atoms with Gasteiger partial charge in [0.2, 0.25) is 11.8 Å². The highest BCUT2D eigenvalue weighted by Crippen LogP contribution is 2.27. The van der Waals surface area contributed by atoms with Crippen molar-refractivity contribution in [2.24, 2.45) is 13.0 Å². The predicted molar refractivity (Wildman–Crippen MR) is 159 cm³/mol. The maximum absolute atomic E-state index is 13.5. The minimum Gasteiger partial charge on any atom is -0.368 e. The lowest BCUT2D eigenvalue weighted by atomic mass is 10.1. The van der Waals surface area contributed by atoms with Gasteiger partial charge in [-0.3, -0.25) is 24.3 Å². The third-order valence-electron chi connectivity index (χ3n) is 8.25. The van der Waals surface area contributed by atoms with Gasteiger partial charge in [-0.15, -0.1) is 0 Å². The van der Waals surface area contributed by atoms with E-state index in [1.165, 1.54) is 0 Å². The van der Waals surface area contributed by atoms with Crippen LogP contribution in [0.25, 0.3) is 22.3 Å². The molecule has 4 heterocycles. The van der Waals surface area contributed by atoms with Gasteiger partial charge in [0.05, 0.1) is 18.0 Å². The number of piperazine rings is 1. The monoisotopic (exact) mass is 566 g/mol. The van der Waals surface area contributed by atoms with Crippen molar-refractivity contribution >= 4 is 34.1 Å². The Hall–Kier alpha value is -4.76. The van der Waals surface area contributed by atoms with Crippen LogP contribution in [0, 0.1) is 17.2 Å². The molecular weight excluding hydrogens is 532 g/mol. The zero-order valence-electron chi connectivity index (χ0n) is 23.9. The molecule has 0 aliphatic carbocycles. The average molecular weight is 567 g/mol. The zero-order chi connectivity index (χ0) is 29.2. The summed E-state index contributed by atoms with van der Waals surface area (Å²) in [4.78, 5) is 39.1. The largest absolute Gasteiger partial charge is 0.368 e. The molecule has 42 heavy (non-hydrogen) atoms. The summed E-state index contributed by atoms with van der Waals surface area (Å²) in [5.41, 5.74) is 3.94. The van der Waals surface area contributed by atoms with Gasteiger partial charge < -0.3 is 14.7 Å². The van der Waals surface area contributed by atoms with Crippen molar-refractivity contribution in [3.05, 3.63) is 54.5 Å². The normalized spacial score (nSPS) is 17.5. The fraction of sp³-hybridized carbons (Fsp3) is 0.400. The lowest BCUT2D eigenvalue weighted by Crippen LogP contribution is -2.51. The maximum Gasteiger partial charge on any atom is 0.236 e. The second-order valence-electron chi connectivity index (χ2n) is 10.9. The predicted octanol–water partition coefficient (Wildman–Crippen LogP) is 2.25. The Labute approximate surface area is 244 Å². The number of nitrogens with zero attached hydrogens (tertiary/aromatic N) is 9. The number of H-pyrrole nitrogens is 1. The molecule has 2 fully saturated rings. The fourth-order valence-corrected chi connectivity index (χ4v) is 5.92. The second-order valence-corrected chi connectivity index (χ2v) is 10.9. The molecule has 0 saturated carbocycles. The number of fused-ring (bicyclic) bond motifs is 1. The summed E-state index contributed by atoms with van der Waals surface area (Å²) in [5, 5.41) is 21.3. The number of likely N-dealkylation sites (tertiary alicyclic amines) is 1. The summed E-state index contributed by atoms with van der Waals surface area (Å²) in [6, 6.07) is 15.9. The molecule has 1 N–H and O–H groups in total. The minimum absolute atomic E-state index is 0.0484. The quantitative estimate of drug-likeness (QED) is 0.361. The highest BCUT2D eigenvalue weighted by Gasteiger charge is 2.33. The second kappa shape index (κ2) is 11.6. The van der Waals surface area contributed by atoms with Crippen LogP contribution in [0.15, 0.2) is 48.8 Å². The Kier molecular flexibility index (Phi) is 7.58. The first-order valence-corrected chi connectivity index (χ1v) is 14.3. The fourth-order valence-electron chi connectivity index (χ4n) is 5.92. The van der Waals surface area contributed by atoms with Crippen LogP contribution in [0.1, 0.15) is 19.0 Å². The first-order valence-electron chi connectivity index (χ1n) is 14.3. The van der Waals surface area contributed by atoms with Crippen molar-refractivity contribution in [1.82, 2.24) is 34.8 Å². The van der Waals surface area contributed by atoms with Gasteiger partial charge in [-0.25, -0.2) is 4.98 Å². The summed E-state index contributed by atoms with van der Waals surface area (Å²) < 4.78 is 1.69. The van der Waals surface area contributed by atoms with Gasteiger partial charge in [-0.2, -0.15) is 15.5 Å². The topological polar surface area (TPSA) is 130 Å². The molecule has 2 aromatic carbocycles. The van der Waals surface area contributed by atoms with E-state index in [0.717, 1.165) is 48.5 Å². The summed E-state index contributed by atoms with van der Waals surface area (Å²) in [6.07, 6.45) is 2.41. The lowest BCUT2D eigenvalue weighted by molar-refractivity contribution is -0.132. The molecule has 0 unspecified atom stereocenters. The highest BCUT2D eigenvalue weighted by molar-refractivity contribution is 5.98. The molecule has 2 aromatic heterocycles. The van der Waals surface area contributed by atoms with E-state index >= 15 is 0 Å². The van der Waals surface area contributed by atoms with Crippen molar-refractivity contribution in [3.8, 4) is 17.5 Å². The van der Waals surface area contributed by atoms with Gasteiger partial charge in [0.1, 0.15) is 12.4 Å². The number of aromatic amines is 1. The smallest absolute Gasteiger partial charge is 0.236 e. The number of carbonyl (C=O) groups is 2. The molecule has 2 saturated heterocycles. The molecule has 1 atom stereocenters. The number of anilines is 2. The molecule has 2 aliphatic rings. The molecule has 12 nitrogen and oxygen atoms in total. The number of carbonyl (C=O) groups excluding carboxylic acids is 2. The Morgan fingerprint density at radius 1 is 1.10 bits per heavy atom. The van der Waals surface area contributed by atoms with Crippen LogP contribution in [0.3, 0.4) is 0 Å². The van der Waals surface area contributed by atoms with Gasteiger partial charge in [-0.1, -0.05) is 0 Å². The molecule has 2 aliphatic heterocycles. The van der Waals surface area contributed by atoms with Crippen molar-refractivity contribution in [3.63, 3.8) is 0 Å². The van der Waals surface area contributed by atoms with Gasteiger partial charge in [-0.05, 0) is 62.4 Å². The molecule has 0 spiro atoms. The lowest BCUT2D eigenvalue weighted by Gasteiger charge is -2.36. The molecule has 216 valence electrons. The molecular formula is C30H34N10O2. The number of benzene rings is 2. The molecule has 4 aromatic rings. The number of aromatic nitrogens is 5. The van der Waals surface area contributed by atoms with Crippen LogP contribution in [0.5, 0.6) is 0 Å². The Balaban J connectivity index is 1.01. The number of aryl methyl sites for hydroxylation is 1. The van der Waals surface area contributed by atoms with Crippen molar-refractivity contribution < 1.29 is 9.59 Å². The molecule has 0 radical (unpaired) electrons. The van der Waals surface area contributed by atoms with Gasteiger partial charge >= 0.3 is 0 Å². The number of nitriles is 1. The van der Waals surface area contributed by atoms with E-state index < -0.39 is 0 Å². The molecule has 0 bridgehead atoms. The van der Waals surface area contributed by atoms with Gasteiger partial charge in [0, 0.05) is 68.6 Å². The van der Waals surface area contributed by atoms with Crippen LogP contribution in [-0.2, 0) is 16.6 Å². The average Bonchev–Trinajstić information content (AvgIpc) is 3.77. The Morgan fingerprint density at radius 3 is 2.57 bits per heavy atom. The minimum atomic E-state index is -0.172. The van der Waals surface area contributed by atoms with Crippen molar-refractivity contribution in [1.29, 1.82) is 5.26 Å². The summed E-state index contributed by atoms with van der Waals surface area (Å²) >= 11 is 0. The van der Waals surface area contributed by atoms with E-state index in [2.05, 4.69) is 48.3 Å². The van der Waals surface area contributed by atoms with E-state index in [4.69, 9.17) is 0 Å².